The van der Waals surface area contributed by atoms with Crippen molar-refractivity contribution in [3.05, 3.63) is 65.7 Å². The number of tetrazole rings is 1. The fourth-order valence-corrected chi connectivity index (χ4v) is 4.70. The molecule has 3 aromatic rings. The number of hydrogen-bond acceptors (Lipinski definition) is 6. The molecule has 2 heterocycles. The van der Waals surface area contributed by atoms with E-state index in [4.69, 9.17) is 0 Å². The smallest absolute Gasteiger partial charge is 0.243 e. The summed E-state index contributed by atoms with van der Waals surface area (Å²) in [5.74, 6) is 0.240. The average molecular weight is 416 g/mol. The highest BCUT2D eigenvalue weighted by molar-refractivity contribution is 7.89. The van der Waals surface area contributed by atoms with Crippen molar-refractivity contribution in [3.8, 4) is 5.69 Å². The average Bonchev–Trinajstić information content (AvgIpc) is 3.17. The SMILES string of the molecule is Cc1ccc(-n2nnnc2CN2CCN(S(=O)(=O)c3ccc(F)cc3)CC2)cc1. The first-order valence-corrected chi connectivity index (χ1v) is 10.7. The molecule has 1 aliphatic heterocycles. The summed E-state index contributed by atoms with van der Waals surface area (Å²) in [6.45, 7) is 4.36. The van der Waals surface area contributed by atoms with Crippen LogP contribution in [0.25, 0.3) is 5.69 Å². The van der Waals surface area contributed by atoms with E-state index in [0.717, 1.165) is 23.4 Å². The molecule has 0 unspecified atom stereocenters. The molecular weight excluding hydrogens is 395 g/mol. The van der Waals surface area contributed by atoms with Crippen molar-refractivity contribution in [3.63, 3.8) is 0 Å². The van der Waals surface area contributed by atoms with Crippen LogP contribution < -0.4 is 0 Å². The molecule has 1 aliphatic rings. The first-order valence-electron chi connectivity index (χ1n) is 9.26. The number of nitrogens with zero attached hydrogens (tertiary/aromatic N) is 6. The van der Waals surface area contributed by atoms with Crippen molar-refractivity contribution in [2.45, 2.75) is 18.4 Å². The van der Waals surface area contributed by atoms with E-state index in [2.05, 4.69) is 20.4 Å². The van der Waals surface area contributed by atoms with E-state index in [1.54, 1.807) is 4.68 Å². The fraction of sp³-hybridized carbons (Fsp3) is 0.316. The van der Waals surface area contributed by atoms with Crippen LogP contribution >= 0.6 is 0 Å². The molecule has 29 heavy (non-hydrogen) atoms. The van der Waals surface area contributed by atoms with Crippen molar-refractivity contribution >= 4 is 10.0 Å². The van der Waals surface area contributed by atoms with Gasteiger partial charge in [0.2, 0.25) is 10.0 Å². The third-order valence-corrected chi connectivity index (χ3v) is 6.87. The molecule has 0 N–H and O–H groups in total. The molecule has 0 spiro atoms. The zero-order chi connectivity index (χ0) is 20.4. The van der Waals surface area contributed by atoms with Crippen molar-refractivity contribution in [1.29, 1.82) is 0 Å². The Hall–Kier alpha value is -2.69. The van der Waals surface area contributed by atoms with Crippen LogP contribution in [0.2, 0.25) is 0 Å². The Morgan fingerprint density at radius 3 is 2.28 bits per heavy atom. The monoisotopic (exact) mass is 416 g/mol. The zero-order valence-corrected chi connectivity index (χ0v) is 16.8. The van der Waals surface area contributed by atoms with Gasteiger partial charge < -0.3 is 0 Å². The van der Waals surface area contributed by atoms with Gasteiger partial charge in [-0.2, -0.15) is 8.99 Å². The molecule has 152 valence electrons. The molecule has 0 bridgehead atoms. The number of piperazine rings is 1. The minimum absolute atomic E-state index is 0.107. The maximum absolute atomic E-state index is 13.1. The summed E-state index contributed by atoms with van der Waals surface area (Å²) in [5, 5.41) is 12.0. The second kappa shape index (κ2) is 7.97. The van der Waals surface area contributed by atoms with E-state index < -0.39 is 15.8 Å². The van der Waals surface area contributed by atoms with E-state index in [9.17, 15) is 12.8 Å². The fourth-order valence-electron chi connectivity index (χ4n) is 3.27. The van der Waals surface area contributed by atoms with Gasteiger partial charge >= 0.3 is 0 Å². The molecule has 10 heteroatoms. The number of aromatic nitrogens is 4. The van der Waals surface area contributed by atoms with Gasteiger partial charge in [0.05, 0.1) is 17.1 Å². The molecule has 8 nitrogen and oxygen atoms in total. The molecule has 1 aromatic heterocycles. The topological polar surface area (TPSA) is 84.2 Å². The molecule has 0 radical (unpaired) electrons. The number of halogens is 1. The lowest BCUT2D eigenvalue weighted by Crippen LogP contribution is -2.48. The van der Waals surface area contributed by atoms with Crippen LogP contribution in [0.4, 0.5) is 4.39 Å². The summed E-state index contributed by atoms with van der Waals surface area (Å²) >= 11 is 0. The van der Waals surface area contributed by atoms with E-state index in [0.29, 0.717) is 38.5 Å². The number of hydrogen-bond donors (Lipinski definition) is 0. The molecule has 1 saturated heterocycles. The van der Waals surface area contributed by atoms with E-state index in [1.807, 2.05) is 31.2 Å². The van der Waals surface area contributed by atoms with E-state index in [-0.39, 0.29) is 4.90 Å². The van der Waals surface area contributed by atoms with Crippen molar-refractivity contribution in [1.82, 2.24) is 29.4 Å². The van der Waals surface area contributed by atoms with Crippen LogP contribution in [0, 0.1) is 12.7 Å². The van der Waals surface area contributed by atoms with Gasteiger partial charge in [0.25, 0.3) is 0 Å². The standard InChI is InChI=1S/C19H21FN6O2S/c1-15-2-6-17(7-3-15)26-19(21-22-23-26)14-24-10-12-25(13-11-24)29(27,28)18-8-4-16(20)5-9-18/h2-9H,10-14H2,1H3. The Morgan fingerprint density at radius 2 is 1.62 bits per heavy atom. The lowest BCUT2D eigenvalue weighted by atomic mass is 10.2. The Bertz CT molecular complexity index is 1070. The normalized spacial score (nSPS) is 16.2. The summed E-state index contributed by atoms with van der Waals surface area (Å²) in [6.07, 6.45) is 0. The summed E-state index contributed by atoms with van der Waals surface area (Å²) < 4.78 is 41.7. The summed E-state index contributed by atoms with van der Waals surface area (Å²) in [6, 6.07) is 12.8. The van der Waals surface area contributed by atoms with Crippen LogP contribution in [0.1, 0.15) is 11.4 Å². The van der Waals surface area contributed by atoms with Gasteiger partial charge in [-0.25, -0.2) is 12.8 Å². The van der Waals surface area contributed by atoms with Gasteiger partial charge in [-0.3, -0.25) is 4.90 Å². The highest BCUT2D eigenvalue weighted by Crippen LogP contribution is 2.19. The predicted octanol–water partition coefficient (Wildman–Crippen LogP) is 1.62. The van der Waals surface area contributed by atoms with E-state index in [1.165, 1.54) is 16.4 Å². The van der Waals surface area contributed by atoms with Crippen molar-refractivity contribution in [2.24, 2.45) is 0 Å². The molecular formula is C19H21FN6O2S. The minimum Gasteiger partial charge on any atom is -0.293 e. The van der Waals surface area contributed by atoms with Crippen LogP contribution in [-0.4, -0.2) is 64.0 Å². The van der Waals surface area contributed by atoms with E-state index >= 15 is 0 Å². The Morgan fingerprint density at radius 1 is 0.966 bits per heavy atom. The molecule has 0 atom stereocenters. The quantitative estimate of drug-likeness (QED) is 0.628. The second-order valence-corrected chi connectivity index (χ2v) is 8.91. The maximum atomic E-state index is 13.1. The van der Waals surface area contributed by atoms with Gasteiger partial charge in [-0.05, 0) is 53.7 Å². The van der Waals surface area contributed by atoms with Gasteiger partial charge in [-0.1, -0.05) is 17.7 Å². The third-order valence-electron chi connectivity index (χ3n) is 4.96. The molecule has 0 saturated carbocycles. The number of rotatable bonds is 5. The molecule has 0 aliphatic carbocycles. The van der Waals surface area contributed by atoms with Gasteiger partial charge in [0, 0.05) is 26.2 Å². The minimum atomic E-state index is -3.63. The zero-order valence-electron chi connectivity index (χ0n) is 15.9. The third kappa shape index (κ3) is 4.19. The molecule has 2 aromatic carbocycles. The second-order valence-electron chi connectivity index (χ2n) is 6.98. The lowest BCUT2D eigenvalue weighted by Gasteiger charge is -2.33. The summed E-state index contributed by atoms with van der Waals surface area (Å²) in [4.78, 5) is 2.23. The van der Waals surface area contributed by atoms with Gasteiger partial charge in [0.1, 0.15) is 5.82 Å². The Kier molecular flexibility index (Phi) is 5.39. The molecule has 0 amide bonds. The van der Waals surface area contributed by atoms with Crippen LogP contribution in [0.3, 0.4) is 0 Å². The summed E-state index contributed by atoms with van der Waals surface area (Å²) in [5.41, 5.74) is 2.04. The lowest BCUT2D eigenvalue weighted by molar-refractivity contribution is 0.177. The summed E-state index contributed by atoms with van der Waals surface area (Å²) in [7, 11) is -3.63. The van der Waals surface area contributed by atoms with Crippen LogP contribution in [0.5, 0.6) is 0 Å². The van der Waals surface area contributed by atoms with Gasteiger partial charge in [0.15, 0.2) is 5.82 Å². The largest absolute Gasteiger partial charge is 0.293 e. The Labute approximate surface area is 168 Å². The highest BCUT2D eigenvalue weighted by Gasteiger charge is 2.29. The number of aryl methyl sites for hydroxylation is 1. The Balaban J connectivity index is 1.42. The maximum Gasteiger partial charge on any atom is 0.243 e. The molecule has 4 rings (SSSR count). The number of benzene rings is 2. The van der Waals surface area contributed by atoms with Crippen LogP contribution in [0.15, 0.2) is 53.4 Å². The first kappa shape index (κ1) is 19.6. The predicted molar refractivity (Wildman–Crippen MR) is 104 cm³/mol. The van der Waals surface area contributed by atoms with Gasteiger partial charge in [-0.15, -0.1) is 5.10 Å². The number of sulfonamides is 1. The van der Waals surface area contributed by atoms with Crippen LogP contribution in [-0.2, 0) is 16.6 Å². The van der Waals surface area contributed by atoms with Crippen molar-refractivity contribution in [2.75, 3.05) is 26.2 Å². The van der Waals surface area contributed by atoms with Crippen molar-refractivity contribution < 1.29 is 12.8 Å². The molecule has 1 fully saturated rings. The first-order chi connectivity index (χ1) is 13.9. The highest BCUT2D eigenvalue weighted by atomic mass is 32.2.